The first kappa shape index (κ1) is 13.0. The molecule has 0 spiro atoms. The van der Waals surface area contributed by atoms with Crippen LogP contribution in [-0.4, -0.2) is 11.0 Å². The van der Waals surface area contributed by atoms with Crippen molar-refractivity contribution in [2.24, 2.45) is 0 Å². The SMILES string of the molecule is CC(NC1CC1c1ccccc1)c1cnc2ccsc2c1. The first-order chi connectivity index (χ1) is 10.3. The maximum Gasteiger partial charge on any atom is 0.0809 e. The van der Waals surface area contributed by atoms with Crippen LogP contribution < -0.4 is 5.32 Å². The smallest absolute Gasteiger partial charge is 0.0809 e. The fourth-order valence-corrected chi connectivity index (χ4v) is 3.75. The van der Waals surface area contributed by atoms with E-state index in [-0.39, 0.29) is 0 Å². The van der Waals surface area contributed by atoms with E-state index < -0.39 is 0 Å². The van der Waals surface area contributed by atoms with Crippen molar-refractivity contribution in [2.45, 2.75) is 31.3 Å². The predicted octanol–water partition coefficient (Wildman–Crippen LogP) is 4.50. The highest BCUT2D eigenvalue weighted by Crippen LogP contribution is 2.41. The summed E-state index contributed by atoms with van der Waals surface area (Å²) in [6.45, 7) is 2.23. The first-order valence-electron chi connectivity index (χ1n) is 7.45. The molecule has 106 valence electrons. The van der Waals surface area contributed by atoms with E-state index >= 15 is 0 Å². The van der Waals surface area contributed by atoms with Crippen LogP contribution in [-0.2, 0) is 0 Å². The average molecular weight is 294 g/mol. The van der Waals surface area contributed by atoms with Crippen molar-refractivity contribution < 1.29 is 0 Å². The summed E-state index contributed by atoms with van der Waals surface area (Å²) in [5, 5.41) is 5.84. The molecule has 1 aliphatic rings. The number of nitrogens with zero attached hydrogens (tertiary/aromatic N) is 1. The molecular formula is C18H18N2S. The highest BCUT2D eigenvalue weighted by molar-refractivity contribution is 7.17. The predicted molar refractivity (Wildman–Crippen MR) is 88.8 cm³/mol. The Morgan fingerprint density at radius 3 is 2.95 bits per heavy atom. The van der Waals surface area contributed by atoms with Crippen LogP contribution >= 0.6 is 11.3 Å². The maximum atomic E-state index is 4.54. The van der Waals surface area contributed by atoms with Gasteiger partial charge in [0.2, 0.25) is 0 Å². The van der Waals surface area contributed by atoms with Gasteiger partial charge in [-0.25, -0.2) is 0 Å². The number of benzene rings is 1. The van der Waals surface area contributed by atoms with Gasteiger partial charge in [0.25, 0.3) is 0 Å². The number of thiophene rings is 1. The van der Waals surface area contributed by atoms with E-state index in [2.05, 4.69) is 65.1 Å². The van der Waals surface area contributed by atoms with E-state index in [1.807, 2.05) is 6.20 Å². The molecule has 3 unspecified atom stereocenters. The van der Waals surface area contributed by atoms with Crippen LogP contribution in [0.4, 0.5) is 0 Å². The molecule has 3 atom stereocenters. The number of nitrogens with one attached hydrogen (secondary N) is 1. The van der Waals surface area contributed by atoms with E-state index in [9.17, 15) is 0 Å². The summed E-state index contributed by atoms with van der Waals surface area (Å²) in [7, 11) is 0. The second-order valence-corrected chi connectivity index (χ2v) is 6.77. The van der Waals surface area contributed by atoms with Crippen molar-refractivity contribution >= 4 is 21.6 Å². The summed E-state index contributed by atoms with van der Waals surface area (Å²) in [5.74, 6) is 0.673. The zero-order chi connectivity index (χ0) is 14.2. The lowest BCUT2D eigenvalue weighted by molar-refractivity contribution is 0.562. The van der Waals surface area contributed by atoms with Crippen LogP contribution in [0, 0.1) is 0 Å². The normalized spacial score (nSPS) is 22.3. The number of pyridine rings is 1. The third-order valence-electron chi connectivity index (χ3n) is 4.31. The van der Waals surface area contributed by atoms with Crippen molar-refractivity contribution in [1.82, 2.24) is 10.3 Å². The molecule has 2 aromatic heterocycles. The van der Waals surface area contributed by atoms with Crippen molar-refractivity contribution in [3.63, 3.8) is 0 Å². The van der Waals surface area contributed by atoms with Gasteiger partial charge in [0.15, 0.2) is 0 Å². The summed E-state index contributed by atoms with van der Waals surface area (Å²) in [4.78, 5) is 4.54. The molecule has 2 heterocycles. The Balaban J connectivity index is 1.45. The van der Waals surface area contributed by atoms with Gasteiger partial charge in [-0.15, -0.1) is 11.3 Å². The topological polar surface area (TPSA) is 24.9 Å². The van der Waals surface area contributed by atoms with Gasteiger partial charge in [-0.1, -0.05) is 30.3 Å². The second-order valence-electron chi connectivity index (χ2n) is 5.82. The van der Waals surface area contributed by atoms with Gasteiger partial charge in [0, 0.05) is 24.2 Å². The van der Waals surface area contributed by atoms with Gasteiger partial charge in [0.1, 0.15) is 0 Å². The van der Waals surface area contributed by atoms with Crippen LogP contribution in [0.5, 0.6) is 0 Å². The van der Waals surface area contributed by atoms with E-state index in [1.165, 1.54) is 22.2 Å². The highest BCUT2D eigenvalue weighted by atomic mass is 32.1. The average Bonchev–Trinajstić information content (AvgIpc) is 3.12. The number of hydrogen-bond acceptors (Lipinski definition) is 3. The zero-order valence-electron chi connectivity index (χ0n) is 12.0. The minimum Gasteiger partial charge on any atom is -0.307 e. The Morgan fingerprint density at radius 1 is 1.24 bits per heavy atom. The summed E-state index contributed by atoms with van der Waals surface area (Å²) in [6.07, 6.45) is 3.25. The Kier molecular flexibility index (Phi) is 3.24. The standard InChI is InChI=1S/C18H18N2S/c1-12(14-9-18-16(19-11-14)7-8-21-18)20-17-10-15(17)13-5-3-2-4-6-13/h2-9,11-12,15,17,20H,10H2,1H3. The lowest BCUT2D eigenvalue weighted by Gasteiger charge is -2.14. The Labute approximate surface area is 128 Å². The first-order valence-corrected chi connectivity index (χ1v) is 8.33. The lowest BCUT2D eigenvalue weighted by Crippen LogP contribution is -2.22. The molecule has 0 aliphatic heterocycles. The van der Waals surface area contributed by atoms with E-state index in [0.29, 0.717) is 18.0 Å². The number of aromatic nitrogens is 1. The molecule has 1 saturated carbocycles. The largest absolute Gasteiger partial charge is 0.307 e. The number of fused-ring (bicyclic) bond motifs is 1. The van der Waals surface area contributed by atoms with Gasteiger partial charge < -0.3 is 5.32 Å². The fraction of sp³-hybridized carbons (Fsp3) is 0.278. The molecule has 0 amide bonds. The van der Waals surface area contributed by atoms with Gasteiger partial charge in [-0.05, 0) is 42.0 Å². The molecule has 0 bridgehead atoms. The van der Waals surface area contributed by atoms with Crippen molar-refractivity contribution in [1.29, 1.82) is 0 Å². The maximum absolute atomic E-state index is 4.54. The van der Waals surface area contributed by atoms with Crippen LogP contribution in [0.2, 0.25) is 0 Å². The molecule has 0 saturated heterocycles. The zero-order valence-corrected chi connectivity index (χ0v) is 12.8. The van der Waals surface area contributed by atoms with Gasteiger partial charge in [0.05, 0.1) is 10.2 Å². The number of rotatable bonds is 4. The molecular weight excluding hydrogens is 276 g/mol. The molecule has 21 heavy (non-hydrogen) atoms. The molecule has 1 N–H and O–H groups in total. The Hall–Kier alpha value is -1.71. The van der Waals surface area contributed by atoms with E-state index in [4.69, 9.17) is 0 Å². The summed E-state index contributed by atoms with van der Waals surface area (Å²) >= 11 is 1.76. The van der Waals surface area contributed by atoms with Crippen LogP contribution in [0.25, 0.3) is 10.2 Å². The minimum absolute atomic E-state index is 0.350. The van der Waals surface area contributed by atoms with Crippen molar-refractivity contribution in [3.8, 4) is 0 Å². The molecule has 1 fully saturated rings. The third kappa shape index (κ3) is 2.59. The van der Waals surface area contributed by atoms with E-state index in [1.54, 1.807) is 11.3 Å². The molecule has 1 aliphatic carbocycles. The second kappa shape index (κ2) is 5.24. The van der Waals surface area contributed by atoms with Crippen LogP contribution in [0.15, 0.2) is 54.0 Å². The quantitative estimate of drug-likeness (QED) is 0.766. The molecule has 3 heteroatoms. The molecule has 4 rings (SSSR count). The fourth-order valence-electron chi connectivity index (χ4n) is 2.96. The molecule has 3 aromatic rings. The van der Waals surface area contributed by atoms with Crippen molar-refractivity contribution in [2.75, 3.05) is 0 Å². The third-order valence-corrected chi connectivity index (χ3v) is 5.16. The van der Waals surface area contributed by atoms with E-state index in [0.717, 1.165) is 5.52 Å². The van der Waals surface area contributed by atoms with Crippen molar-refractivity contribution in [3.05, 3.63) is 65.2 Å². The lowest BCUT2D eigenvalue weighted by atomic mass is 10.1. The summed E-state index contributed by atoms with van der Waals surface area (Å²) in [5.41, 5.74) is 3.84. The number of hydrogen-bond donors (Lipinski definition) is 1. The minimum atomic E-state index is 0.350. The summed E-state index contributed by atoms with van der Waals surface area (Å²) < 4.78 is 1.27. The monoisotopic (exact) mass is 294 g/mol. The molecule has 2 nitrogen and oxygen atoms in total. The van der Waals surface area contributed by atoms with Gasteiger partial charge >= 0.3 is 0 Å². The van der Waals surface area contributed by atoms with Crippen LogP contribution in [0.3, 0.4) is 0 Å². The van der Waals surface area contributed by atoms with Crippen LogP contribution in [0.1, 0.15) is 36.4 Å². The molecule has 1 aromatic carbocycles. The Bertz CT molecular complexity index is 750. The van der Waals surface area contributed by atoms with Gasteiger partial charge in [-0.3, -0.25) is 4.98 Å². The van der Waals surface area contributed by atoms with Gasteiger partial charge in [-0.2, -0.15) is 0 Å². The Morgan fingerprint density at radius 2 is 2.10 bits per heavy atom. The molecule has 0 radical (unpaired) electrons. The summed E-state index contributed by atoms with van der Waals surface area (Å²) in [6, 6.07) is 16.1. The highest BCUT2D eigenvalue weighted by Gasteiger charge is 2.38.